The predicted octanol–water partition coefficient (Wildman–Crippen LogP) is 4.30. The maximum absolute atomic E-state index is 5.92. The standard InChI is InChI=1S/C17H24N2O/c18-19-15(11-10-13-6-2-1-3-7-13)17-12-14-8-4-5-9-16(14)20-17/h4-5,8-9,12-13,15,19H,1-3,6-7,10-11,18H2. The van der Waals surface area contributed by atoms with Crippen LogP contribution in [0.2, 0.25) is 0 Å². The maximum Gasteiger partial charge on any atom is 0.134 e. The molecule has 3 N–H and O–H groups in total. The van der Waals surface area contributed by atoms with Gasteiger partial charge in [0.2, 0.25) is 0 Å². The predicted molar refractivity (Wildman–Crippen MR) is 82.1 cm³/mol. The van der Waals surface area contributed by atoms with Crippen molar-refractivity contribution in [1.29, 1.82) is 0 Å². The van der Waals surface area contributed by atoms with Gasteiger partial charge in [-0.3, -0.25) is 5.84 Å². The van der Waals surface area contributed by atoms with Gasteiger partial charge < -0.3 is 4.42 Å². The third kappa shape index (κ3) is 3.05. The summed E-state index contributed by atoms with van der Waals surface area (Å²) in [5.41, 5.74) is 3.87. The summed E-state index contributed by atoms with van der Waals surface area (Å²) < 4.78 is 5.92. The number of hydrogen-bond acceptors (Lipinski definition) is 3. The first kappa shape index (κ1) is 13.7. The van der Waals surface area contributed by atoms with E-state index in [-0.39, 0.29) is 6.04 Å². The molecule has 1 saturated carbocycles. The Morgan fingerprint density at radius 3 is 2.75 bits per heavy atom. The molecule has 0 saturated heterocycles. The van der Waals surface area contributed by atoms with Crippen molar-refractivity contribution in [1.82, 2.24) is 5.43 Å². The number of hydrogen-bond donors (Lipinski definition) is 2. The second-order valence-corrected chi connectivity index (χ2v) is 5.99. The van der Waals surface area contributed by atoms with E-state index in [0.29, 0.717) is 0 Å². The molecule has 0 spiro atoms. The van der Waals surface area contributed by atoms with Crippen LogP contribution in [-0.2, 0) is 0 Å². The highest BCUT2D eigenvalue weighted by molar-refractivity contribution is 5.77. The molecular formula is C17H24N2O. The molecule has 1 heterocycles. The van der Waals surface area contributed by atoms with Gasteiger partial charge in [0.1, 0.15) is 11.3 Å². The van der Waals surface area contributed by atoms with Gasteiger partial charge in [0.05, 0.1) is 6.04 Å². The average Bonchev–Trinajstić information content (AvgIpc) is 2.92. The van der Waals surface area contributed by atoms with Crippen molar-refractivity contribution in [3.05, 3.63) is 36.1 Å². The number of para-hydroxylation sites is 1. The number of nitrogens with one attached hydrogen (secondary N) is 1. The Bertz CT molecular complexity index is 510. The van der Waals surface area contributed by atoms with Gasteiger partial charge in [-0.05, 0) is 30.9 Å². The van der Waals surface area contributed by atoms with Crippen LogP contribution in [0.25, 0.3) is 11.0 Å². The van der Waals surface area contributed by atoms with Crippen LogP contribution in [0.5, 0.6) is 0 Å². The van der Waals surface area contributed by atoms with E-state index in [1.54, 1.807) is 0 Å². The number of fused-ring (bicyclic) bond motifs is 1. The molecule has 1 atom stereocenters. The Morgan fingerprint density at radius 2 is 2.00 bits per heavy atom. The van der Waals surface area contributed by atoms with Crippen molar-refractivity contribution in [3.63, 3.8) is 0 Å². The lowest BCUT2D eigenvalue weighted by atomic mass is 9.85. The Kier molecular flexibility index (Phi) is 4.38. The van der Waals surface area contributed by atoms with Crippen molar-refractivity contribution in [2.75, 3.05) is 0 Å². The molecule has 108 valence electrons. The Balaban J connectivity index is 1.65. The number of benzene rings is 1. The smallest absolute Gasteiger partial charge is 0.134 e. The fourth-order valence-corrected chi connectivity index (χ4v) is 3.36. The molecule has 1 aromatic heterocycles. The number of nitrogens with two attached hydrogens (primary N) is 1. The van der Waals surface area contributed by atoms with Crippen LogP contribution in [-0.4, -0.2) is 0 Å². The summed E-state index contributed by atoms with van der Waals surface area (Å²) in [6.07, 6.45) is 9.28. The topological polar surface area (TPSA) is 51.2 Å². The van der Waals surface area contributed by atoms with Crippen LogP contribution in [0, 0.1) is 5.92 Å². The summed E-state index contributed by atoms with van der Waals surface area (Å²) >= 11 is 0. The Hall–Kier alpha value is -1.32. The molecule has 0 aliphatic heterocycles. The van der Waals surface area contributed by atoms with E-state index in [4.69, 9.17) is 10.3 Å². The second kappa shape index (κ2) is 6.42. The van der Waals surface area contributed by atoms with Gasteiger partial charge in [-0.1, -0.05) is 50.3 Å². The Morgan fingerprint density at radius 1 is 1.20 bits per heavy atom. The van der Waals surface area contributed by atoms with Crippen LogP contribution in [0.3, 0.4) is 0 Å². The summed E-state index contributed by atoms with van der Waals surface area (Å²) in [5.74, 6) is 7.57. The molecule has 1 fully saturated rings. The molecule has 1 aliphatic carbocycles. The van der Waals surface area contributed by atoms with E-state index in [1.165, 1.54) is 38.5 Å². The monoisotopic (exact) mass is 272 g/mol. The van der Waals surface area contributed by atoms with E-state index >= 15 is 0 Å². The van der Waals surface area contributed by atoms with Gasteiger partial charge in [-0.15, -0.1) is 0 Å². The molecule has 1 aromatic carbocycles. The van der Waals surface area contributed by atoms with Gasteiger partial charge in [0.15, 0.2) is 0 Å². The van der Waals surface area contributed by atoms with Gasteiger partial charge in [-0.25, -0.2) is 5.43 Å². The van der Waals surface area contributed by atoms with Gasteiger partial charge in [0, 0.05) is 5.39 Å². The quantitative estimate of drug-likeness (QED) is 0.630. The Labute approximate surface area is 120 Å². The third-order valence-electron chi connectivity index (χ3n) is 4.58. The van der Waals surface area contributed by atoms with E-state index < -0.39 is 0 Å². The highest BCUT2D eigenvalue weighted by Gasteiger charge is 2.19. The SMILES string of the molecule is NNC(CCC1CCCCC1)c1cc2ccccc2o1. The minimum Gasteiger partial charge on any atom is -0.459 e. The maximum atomic E-state index is 5.92. The summed E-state index contributed by atoms with van der Waals surface area (Å²) in [5, 5.41) is 1.15. The van der Waals surface area contributed by atoms with Crippen molar-refractivity contribution < 1.29 is 4.42 Å². The average molecular weight is 272 g/mol. The summed E-state index contributed by atoms with van der Waals surface area (Å²) in [6.45, 7) is 0. The molecular weight excluding hydrogens is 248 g/mol. The molecule has 0 amide bonds. The minimum atomic E-state index is 0.129. The lowest BCUT2D eigenvalue weighted by Crippen LogP contribution is -2.28. The van der Waals surface area contributed by atoms with Crippen LogP contribution < -0.4 is 11.3 Å². The lowest BCUT2D eigenvalue weighted by molar-refractivity contribution is 0.304. The minimum absolute atomic E-state index is 0.129. The molecule has 1 unspecified atom stereocenters. The number of furan rings is 1. The zero-order valence-corrected chi connectivity index (χ0v) is 12.0. The van der Waals surface area contributed by atoms with Gasteiger partial charge >= 0.3 is 0 Å². The zero-order chi connectivity index (χ0) is 13.8. The molecule has 20 heavy (non-hydrogen) atoms. The van der Waals surface area contributed by atoms with Crippen LogP contribution in [0.1, 0.15) is 56.7 Å². The van der Waals surface area contributed by atoms with Crippen LogP contribution in [0.4, 0.5) is 0 Å². The fraction of sp³-hybridized carbons (Fsp3) is 0.529. The fourth-order valence-electron chi connectivity index (χ4n) is 3.36. The van der Waals surface area contributed by atoms with Gasteiger partial charge in [0.25, 0.3) is 0 Å². The first-order chi connectivity index (χ1) is 9.86. The van der Waals surface area contributed by atoms with Crippen molar-refractivity contribution in [2.24, 2.45) is 11.8 Å². The van der Waals surface area contributed by atoms with E-state index in [2.05, 4.69) is 17.6 Å². The van der Waals surface area contributed by atoms with Crippen LogP contribution >= 0.6 is 0 Å². The van der Waals surface area contributed by atoms with Crippen molar-refractivity contribution in [2.45, 2.75) is 51.0 Å². The summed E-state index contributed by atoms with van der Waals surface area (Å²) in [7, 11) is 0. The molecule has 1 aliphatic rings. The molecule has 3 heteroatoms. The third-order valence-corrected chi connectivity index (χ3v) is 4.58. The summed E-state index contributed by atoms with van der Waals surface area (Å²) in [6, 6.07) is 10.4. The summed E-state index contributed by atoms with van der Waals surface area (Å²) in [4.78, 5) is 0. The molecule has 0 radical (unpaired) electrons. The second-order valence-electron chi connectivity index (χ2n) is 5.99. The van der Waals surface area contributed by atoms with Crippen molar-refractivity contribution >= 4 is 11.0 Å². The first-order valence-corrected chi connectivity index (χ1v) is 7.81. The highest BCUT2D eigenvalue weighted by Crippen LogP contribution is 2.31. The van der Waals surface area contributed by atoms with E-state index in [0.717, 1.165) is 29.1 Å². The zero-order valence-electron chi connectivity index (χ0n) is 12.0. The number of hydrazine groups is 1. The first-order valence-electron chi connectivity index (χ1n) is 7.81. The van der Waals surface area contributed by atoms with E-state index in [9.17, 15) is 0 Å². The normalized spacial score (nSPS) is 18.4. The highest BCUT2D eigenvalue weighted by atomic mass is 16.3. The molecule has 0 bridgehead atoms. The molecule has 2 aromatic rings. The lowest BCUT2D eigenvalue weighted by Gasteiger charge is -2.23. The molecule has 3 nitrogen and oxygen atoms in total. The van der Waals surface area contributed by atoms with E-state index in [1.807, 2.05) is 18.2 Å². The van der Waals surface area contributed by atoms with Crippen molar-refractivity contribution in [3.8, 4) is 0 Å². The molecule has 3 rings (SSSR count). The number of rotatable bonds is 5. The van der Waals surface area contributed by atoms with Crippen LogP contribution in [0.15, 0.2) is 34.7 Å². The largest absolute Gasteiger partial charge is 0.459 e. The van der Waals surface area contributed by atoms with Gasteiger partial charge in [-0.2, -0.15) is 0 Å².